The van der Waals surface area contributed by atoms with Crippen LogP contribution >= 0.6 is 11.8 Å². The van der Waals surface area contributed by atoms with Crippen molar-refractivity contribution in [3.05, 3.63) is 53.8 Å². The average molecular weight is 389 g/mol. The van der Waals surface area contributed by atoms with Crippen LogP contribution in [0, 0.1) is 5.82 Å². The van der Waals surface area contributed by atoms with E-state index in [9.17, 15) is 9.18 Å². The minimum Gasteiger partial charge on any atom is -0.494 e. The van der Waals surface area contributed by atoms with Crippen LogP contribution in [-0.4, -0.2) is 55.4 Å². The number of hydrogen-bond donors (Lipinski definition) is 1. The van der Waals surface area contributed by atoms with E-state index in [-0.39, 0.29) is 17.6 Å². The second kappa shape index (κ2) is 9.10. The largest absolute Gasteiger partial charge is 0.494 e. The predicted molar refractivity (Wildman–Crippen MR) is 107 cm³/mol. The molecule has 0 bridgehead atoms. The molecule has 0 aliphatic carbocycles. The van der Waals surface area contributed by atoms with E-state index in [1.54, 1.807) is 17.8 Å². The summed E-state index contributed by atoms with van der Waals surface area (Å²) in [6, 6.07) is 12.7. The van der Waals surface area contributed by atoms with Crippen LogP contribution in [0.5, 0.6) is 5.75 Å². The number of methoxy groups -OCH3 is 1. The fraction of sp³-hybridized carbons (Fsp3) is 0.350. The second-order valence-corrected chi connectivity index (χ2v) is 7.21. The van der Waals surface area contributed by atoms with Gasteiger partial charge < -0.3 is 15.0 Å². The van der Waals surface area contributed by atoms with E-state index >= 15 is 0 Å². The monoisotopic (exact) mass is 389 g/mol. The third-order valence-corrected chi connectivity index (χ3v) is 5.43. The zero-order valence-electron chi connectivity index (χ0n) is 15.6. The molecule has 0 spiro atoms. The smallest absolute Gasteiger partial charge is 0.321 e. The Morgan fingerprint density at radius 2 is 1.93 bits per heavy atom. The van der Waals surface area contributed by atoms with Gasteiger partial charge in [-0.2, -0.15) is 0 Å². The molecule has 2 amide bonds. The van der Waals surface area contributed by atoms with Gasteiger partial charge in [0.1, 0.15) is 0 Å². The molecule has 1 saturated heterocycles. The maximum absolute atomic E-state index is 13.8. The summed E-state index contributed by atoms with van der Waals surface area (Å²) in [4.78, 5) is 17.6. The highest BCUT2D eigenvalue weighted by atomic mass is 32.2. The number of urea groups is 1. The maximum Gasteiger partial charge on any atom is 0.321 e. The first-order chi connectivity index (χ1) is 13.1. The van der Waals surface area contributed by atoms with Crippen molar-refractivity contribution >= 4 is 23.5 Å². The molecule has 2 aromatic rings. The molecule has 0 radical (unpaired) electrons. The molecule has 1 fully saturated rings. The van der Waals surface area contributed by atoms with Gasteiger partial charge >= 0.3 is 6.03 Å². The lowest BCUT2D eigenvalue weighted by atomic mass is 10.2. The van der Waals surface area contributed by atoms with Crippen LogP contribution in [0.2, 0.25) is 0 Å². The number of thioether (sulfide) groups is 1. The highest BCUT2D eigenvalue weighted by Gasteiger charge is 2.22. The number of anilines is 1. The van der Waals surface area contributed by atoms with Crippen molar-refractivity contribution in [2.75, 3.05) is 44.9 Å². The van der Waals surface area contributed by atoms with E-state index < -0.39 is 0 Å². The Hall–Kier alpha value is -2.25. The molecule has 0 atom stereocenters. The Balaban J connectivity index is 1.52. The van der Waals surface area contributed by atoms with Gasteiger partial charge in [0.2, 0.25) is 0 Å². The molecule has 2 aromatic carbocycles. The zero-order chi connectivity index (χ0) is 19.2. The highest BCUT2D eigenvalue weighted by molar-refractivity contribution is 7.98. The lowest BCUT2D eigenvalue weighted by Gasteiger charge is -2.34. The summed E-state index contributed by atoms with van der Waals surface area (Å²) in [5.41, 5.74) is 1.74. The van der Waals surface area contributed by atoms with Gasteiger partial charge in [0.05, 0.1) is 12.8 Å². The van der Waals surface area contributed by atoms with Gasteiger partial charge in [0.25, 0.3) is 0 Å². The van der Waals surface area contributed by atoms with Crippen molar-refractivity contribution in [3.63, 3.8) is 0 Å². The molecule has 0 aromatic heterocycles. The third-order valence-electron chi connectivity index (χ3n) is 4.63. The number of amides is 2. The first-order valence-corrected chi connectivity index (χ1v) is 10.1. The molecule has 1 N–H and O–H groups in total. The number of nitrogens with one attached hydrogen (secondary N) is 1. The molecular weight excluding hydrogens is 365 g/mol. The topological polar surface area (TPSA) is 44.8 Å². The van der Waals surface area contributed by atoms with E-state index in [0.717, 1.165) is 29.2 Å². The Morgan fingerprint density at radius 3 is 2.59 bits per heavy atom. The van der Waals surface area contributed by atoms with Crippen LogP contribution < -0.4 is 10.1 Å². The molecule has 5 nitrogen and oxygen atoms in total. The van der Waals surface area contributed by atoms with Crippen LogP contribution in [0.3, 0.4) is 0 Å². The Morgan fingerprint density at radius 1 is 1.19 bits per heavy atom. The number of rotatable bonds is 5. The summed E-state index contributed by atoms with van der Waals surface area (Å²) in [5.74, 6) is -0.0914. The number of hydrogen-bond acceptors (Lipinski definition) is 4. The standard InChI is InChI=1S/C20H24FN3O2S/c1-26-18-8-7-15(13-16(18)21)14-23-9-11-24(12-10-23)20(25)22-17-5-3-4-6-19(17)27-2/h3-8,13H,9-12,14H2,1-2H3,(H,22,25). The minimum absolute atomic E-state index is 0.0772. The van der Waals surface area contributed by atoms with Gasteiger partial charge in [-0.25, -0.2) is 9.18 Å². The fourth-order valence-electron chi connectivity index (χ4n) is 3.12. The first-order valence-electron chi connectivity index (χ1n) is 8.84. The summed E-state index contributed by atoms with van der Waals surface area (Å²) in [7, 11) is 1.46. The first kappa shape index (κ1) is 19.5. The summed E-state index contributed by atoms with van der Waals surface area (Å²) in [5, 5.41) is 3.00. The average Bonchev–Trinajstić information content (AvgIpc) is 2.69. The van der Waals surface area contributed by atoms with Crippen LogP contribution in [-0.2, 0) is 6.54 Å². The number of carbonyl (C=O) groups is 1. The quantitative estimate of drug-likeness (QED) is 0.788. The summed E-state index contributed by atoms with van der Waals surface area (Å²) >= 11 is 1.61. The van der Waals surface area contributed by atoms with E-state index in [1.165, 1.54) is 13.2 Å². The van der Waals surface area contributed by atoms with Crippen LogP contribution in [0.1, 0.15) is 5.56 Å². The number of nitrogens with zero attached hydrogens (tertiary/aromatic N) is 2. The number of benzene rings is 2. The van der Waals surface area contributed by atoms with Gasteiger partial charge in [-0.05, 0) is 36.1 Å². The van der Waals surface area contributed by atoms with E-state index in [2.05, 4.69) is 10.2 Å². The maximum atomic E-state index is 13.8. The molecular formula is C20H24FN3O2S. The Kier molecular flexibility index (Phi) is 6.58. The van der Waals surface area contributed by atoms with E-state index in [4.69, 9.17) is 4.74 Å². The second-order valence-electron chi connectivity index (χ2n) is 6.36. The molecule has 27 heavy (non-hydrogen) atoms. The third kappa shape index (κ3) is 4.93. The normalized spacial score (nSPS) is 14.9. The molecule has 3 rings (SSSR count). The molecule has 0 saturated carbocycles. The lowest BCUT2D eigenvalue weighted by molar-refractivity contribution is 0.143. The summed E-state index contributed by atoms with van der Waals surface area (Å²) in [6.07, 6.45) is 1.99. The van der Waals surface area contributed by atoms with Gasteiger partial charge in [0.15, 0.2) is 11.6 Å². The number of piperazine rings is 1. The van der Waals surface area contributed by atoms with Gasteiger partial charge in [-0.1, -0.05) is 18.2 Å². The van der Waals surface area contributed by atoms with Gasteiger partial charge in [0, 0.05) is 37.6 Å². The van der Waals surface area contributed by atoms with E-state index in [1.807, 2.05) is 41.5 Å². The van der Waals surface area contributed by atoms with Crippen molar-refractivity contribution in [2.24, 2.45) is 0 Å². The molecule has 1 aliphatic heterocycles. The molecule has 144 valence electrons. The van der Waals surface area contributed by atoms with Crippen molar-refractivity contribution in [2.45, 2.75) is 11.4 Å². The van der Waals surface area contributed by atoms with Crippen LogP contribution in [0.15, 0.2) is 47.4 Å². The predicted octanol–water partition coefficient (Wildman–Crippen LogP) is 3.91. The Bertz CT molecular complexity index is 795. The zero-order valence-corrected chi connectivity index (χ0v) is 16.4. The molecule has 7 heteroatoms. The molecule has 1 aliphatic rings. The number of para-hydroxylation sites is 1. The van der Waals surface area contributed by atoms with Crippen molar-refractivity contribution in [3.8, 4) is 5.75 Å². The molecule has 0 unspecified atom stereocenters. The van der Waals surface area contributed by atoms with Gasteiger partial charge in [-0.15, -0.1) is 11.8 Å². The number of carbonyl (C=O) groups excluding carboxylic acids is 1. The van der Waals surface area contributed by atoms with Crippen LogP contribution in [0.4, 0.5) is 14.9 Å². The number of ether oxygens (including phenoxy) is 1. The fourth-order valence-corrected chi connectivity index (χ4v) is 3.67. The Labute approximate surface area is 163 Å². The summed E-state index contributed by atoms with van der Waals surface area (Å²) in [6.45, 7) is 3.46. The minimum atomic E-state index is -0.347. The van der Waals surface area contributed by atoms with Crippen molar-refractivity contribution < 1.29 is 13.9 Å². The SMILES string of the molecule is COc1ccc(CN2CCN(C(=O)Nc3ccccc3SC)CC2)cc1F. The summed E-state index contributed by atoms with van der Waals surface area (Å²) < 4.78 is 18.8. The highest BCUT2D eigenvalue weighted by Crippen LogP contribution is 2.25. The van der Waals surface area contributed by atoms with Crippen molar-refractivity contribution in [1.82, 2.24) is 9.80 Å². The van der Waals surface area contributed by atoms with E-state index in [0.29, 0.717) is 19.6 Å². The lowest BCUT2D eigenvalue weighted by Crippen LogP contribution is -2.49. The van der Waals surface area contributed by atoms with Crippen molar-refractivity contribution in [1.29, 1.82) is 0 Å². The van der Waals surface area contributed by atoms with Crippen LogP contribution in [0.25, 0.3) is 0 Å². The van der Waals surface area contributed by atoms with Gasteiger partial charge in [-0.3, -0.25) is 4.90 Å². The number of halogens is 1. The molecule has 1 heterocycles.